The number of ether oxygens (including phenoxy) is 2. The largest absolute Gasteiger partial charge is 0.493 e. The Morgan fingerprint density at radius 1 is 1.12 bits per heavy atom. The number of amides is 3. The third-order valence-electron chi connectivity index (χ3n) is 3.01. The number of nitrogens with one attached hydrogen (secondary N) is 2. The third-order valence-corrected chi connectivity index (χ3v) is 3.01. The number of benzene rings is 1. The summed E-state index contributed by atoms with van der Waals surface area (Å²) in [5.74, 6) is -0.549. The van der Waals surface area contributed by atoms with E-state index < -0.39 is 30.1 Å². The molecule has 0 spiro atoms. The number of rotatable bonds is 6. The number of esters is 1. The molecule has 0 aromatic heterocycles. The maximum atomic E-state index is 11.6. The normalized spacial score (nSPS) is 10.8. The topological polar surface area (TPSA) is 93.7 Å². The molecule has 0 saturated carbocycles. The summed E-state index contributed by atoms with van der Waals surface area (Å²) < 4.78 is 10.4. The van der Waals surface area contributed by atoms with Crippen LogP contribution in [0.1, 0.15) is 38.3 Å². The number of urea groups is 1. The van der Waals surface area contributed by atoms with Gasteiger partial charge in [-0.25, -0.2) is 4.79 Å². The van der Waals surface area contributed by atoms with Crippen LogP contribution >= 0.6 is 0 Å². The number of hydrogen-bond donors (Lipinski definition) is 2. The van der Waals surface area contributed by atoms with Crippen molar-refractivity contribution in [3.63, 3.8) is 0 Å². The van der Waals surface area contributed by atoms with Gasteiger partial charge in [-0.1, -0.05) is 12.1 Å². The zero-order valence-electron chi connectivity index (χ0n) is 15.4. The van der Waals surface area contributed by atoms with Gasteiger partial charge in [0.2, 0.25) is 0 Å². The minimum absolute atomic E-state index is 0.00878. The molecule has 1 aromatic carbocycles. The summed E-state index contributed by atoms with van der Waals surface area (Å²) in [4.78, 5) is 34.7. The number of aryl methyl sites for hydroxylation is 2. The maximum Gasteiger partial charge on any atom is 0.321 e. The first-order valence-electron chi connectivity index (χ1n) is 8.04. The van der Waals surface area contributed by atoms with E-state index >= 15 is 0 Å². The summed E-state index contributed by atoms with van der Waals surface area (Å²) in [6.45, 7) is 8.86. The van der Waals surface area contributed by atoms with Crippen molar-refractivity contribution in [2.75, 3.05) is 13.2 Å². The number of carbonyl (C=O) groups is 3. The number of imide groups is 1. The smallest absolute Gasteiger partial charge is 0.321 e. The first kappa shape index (κ1) is 20.5. The Bertz CT molecular complexity index is 635. The van der Waals surface area contributed by atoms with Crippen molar-refractivity contribution in [2.24, 2.45) is 0 Å². The van der Waals surface area contributed by atoms with Crippen molar-refractivity contribution in [2.45, 2.75) is 46.6 Å². The van der Waals surface area contributed by atoms with Crippen molar-refractivity contribution in [1.82, 2.24) is 10.6 Å². The van der Waals surface area contributed by atoms with E-state index in [1.165, 1.54) is 0 Å². The molecule has 0 atom stereocenters. The highest BCUT2D eigenvalue weighted by Gasteiger charge is 2.16. The Morgan fingerprint density at radius 3 is 2.44 bits per heavy atom. The first-order valence-corrected chi connectivity index (χ1v) is 8.04. The van der Waals surface area contributed by atoms with Crippen LogP contribution in [0.3, 0.4) is 0 Å². The van der Waals surface area contributed by atoms with E-state index in [9.17, 15) is 14.4 Å². The molecule has 0 fully saturated rings. The molecule has 0 bridgehead atoms. The molecular formula is C18H26N2O5. The second kappa shape index (κ2) is 9.05. The molecule has 0 saturated heterocycles. The van der Waals surface area contributed by atoms with Gasteiger partial charge in [-0.05, 0) is 51.8 Å². The fourth-order valence-electron chi connectivity index (χ4n) is 1.86. The highest BCUT2D eigenvalue weighted by atomic mass is 16.5. The summed E-state index contributed by atoms with van der Waals surface area (Å²) in [5, 5.41) is 4.66. The van der Waals surface area contributed by atoms with Crippen LogP contribution in [0.25, 0.3) is 0 Å². The van der Waals surface area contributed by atoms with Gasteiger partial charge in [-0.3, -0.25) is 14.9 Å². The lowest BCUT2D eigenvalue weighted by Crippen LogP contribution is -2.49. The van der Waals surface area contributed by atoms with E-state index in [1.807, 2.05) is 32.0 Å². The Kier molecular flexibility index (Phi) is 7.42. The zero-order valence-corrected chi connectivity index (χ0v) is 15.4. The molecule has 25 heavy (non-hydrogen) atoms. The summed E-state index contributed by atoms with van der Waals surface area (Å²) in [6.07, 6.45) is 0.00878. The van der Waals surface area contributed by atoms with E-state index in [1.54, 1.807) is 20.8 Å². The van der Waals surface area contributed by atoms with Crippen molar-refractivity contribution >= 4 is 17.9 Å². The Hall–Kier alpha value is -2.57. The fraction of sp³-hybridized carbons (Fsp3) is 0.500. The van der Waals surface area contributed by atoms with Crippen LogP contribution in [-0.4, -0.2) is 36.7 Å². The Balaban J connectivity index is 2.27. The maximum absolute atomic E-state index is 11.6. The van der Waals surface area contributed by atoms with Gasteiger partial charge in [-0.15, -0.1) is 0 Å². The van der Waals surface area contributed by atoms with E-state index in [0.717, 1.165) is 11.1 Å². The average molecular weight is 350 g/mol. The minimum atomic E-state index is -0.689. The fourth-order valence-corrected chi connectivity index (χ4v) is 1.86. The molecule has 0 unspecified atom stereocenters. The van der Waals surface area contributed by atoms with E-state index in [-0.39, 0.29) is 13.0 Å². The molecule has 0 radical (unpaired) electrons. The quantitative estimate of drug-likeness (QED) is 0.768. The molecule has 3 amide bonds. The van der Waals surface area contributed by atoms with Crippen molar-refractivity contribution < 1.29 is 23.9 Å². The summed E-state index contributed by atoms with van der Waals surface area (Å²) in [7, 11) is 0. The lowest BCUT2D eigenvalue weighted by molar-refractivity contribution is -0.148. The first-order chi connectivity index (χ1) is 11.6. The van der Waals surface area contributed by atoms with E-state index in [2.05, 4.69) is 10.6 Å². The number of hydrogen-bond acceptors (Lipinski definition) is 5. The van der Waals surface area contributed by atoms with Gasteiger partial charge in [0.1, 0.15) is 5.75 Å². The second-order valence-corrected chi connectivity index (χ2v) is 6.78. The molecular weight excluding hydrogens is 324 g/mol. The van der Waals surface area contributed by atoms with Crippen molar-refractivity contribution in [1.29, 1.82) is 0 Å². The standard InChI is InChI=1S/C18H26N2O5/c1-12-6-7-13(2)14(10-12)24-9-8-16(22)25-11-15(21)19-17(23)20-18(3,4)5/h6-7,10H,8-9,11H2,1-5H3,(H2,19,20,21,23). The van der Waals surface area contributed by atoms with Gasteiger partial charge in [0.05, 0.1) is 13.0 Å². The van der Waals surface area contributed by atoms with Crippen LogP contribution in [0.4, 0.5) is 4.79 Å². The monoisotopic (exact) mass is 350 g/mol. The molecule has 0 aliphatic rings. The SMILES string of the molecule is Cc1ccc(C)c(OCCC(=O)OCC(=O)NC(=O)NC(C)(C)C)c1. The number of carbonyl (C=O) groups excluding carboxylic acids is 3. The van der Waals surface area contributed by atoms with Gasteiger partial charge < -0.3 is 14.8 Å². The molecule has 1 aromatic rings. The average Bonchev–Trinajstić information content (AvgIpc) is 2.46. The van der Waals surface area contributed by atoms with E-state index in [4.69, 9.17) is 9.47 Å². The predicted molar refractivity (Wildman–Crippen MR) is 93.4 cm³/mol. The molecule has 1 rings (SSSR count). The van der Waals surface area contributed by atoms with Crippen LogP contribution in [-0.2, 0) is 14.3 Å². The van der Waals surface area contributed by atoms with Crippen LogP contribution in [0, 0.1) is 13.8 Å². The second-order valence-electron chi connectivity index (χ2n) is 6.78. The van der Waals surface area contributed by atoms with Crippen LogP contribution in [0.5, 0.6) is 5.75 Å². The molecule has 7 heteroatoms. The van der Waals surface area contributed by atoms with Gasteiger partial charge in [-0.2, -0.15) is 0 Å². The van der Waals surface area contributed by atoms with Gasteiger partial charge in [0.25, 0.3) is 5.91 Å². The van der Waals surface area contributed by atoms with Gasteiger partial charge >= 0.3 is 12.0 Å². The Labute approximate surface area is 148 Å². The molecule has 0 aliphatic carbocycles. The predicted octanol–water partition coefficient (Wildman–Crippen LogP) is 2.24. The van der Waals surface area contributed by atoms with E-state index in [0.29, 0.717) is 5.75 Å². The molecule has 0 heterocycles. The van der Waals surface area contributed by atoms with Crippen LogP contribution in [0.2, 0.25) is 0 Å². The van der Waals surface area contributed by atoms with Gasteiger partial charge in [0.15, 0.2) is 6.61 Å². The lowest BCUT2D eigenvalue weighted by Gasteiger charge is -2.20. The van der Waals surface area contributed by atoms with Crippen molar-refractivity contribution in [3.05, 3.63) is 29.3 Å². The molecule has 2 N–H and O–H groups in total. The van der Waals surface area contributed by atoms with Crippen LogP contribution < -0.4 is 15.4 Å². The molecule has 0 aliphatic heterocycles. The summed E-state index contributed by atoms with van der Waals surface area (Å²) in [5.41, 5.74) is 1.57. The molecule has 7 nitrogen and oxygen atoms in total. The highest BCUT2D eigenvalue weighted by molar-refractivity contribution is 5.95. The lowest BCUT2D eigenvalue weighted by atomic mass is 10.1. The molecule has 138 valence electrons. The van der Waals surface area contributed by atoms with Crippen LogP contribution in [0.15, 0.2) is 18.2 Å². The summed E-state index contributed by atoms with van der Waals surface area (Å²) >= 11 is 0. The highest BCUT2D eigenvalue weighted by Crippen LogP contribution is 2.19. The van der Waals surface area contributed by atoms with Gasteiger partial charge in [0, 0.05) is 5.54 Å². The zero-order chi connectivity index (χ0) is 19.0. The Morgan fingerprint density at radius 2 is 1.80 bits per heavy atom. The summed E-state index contributed by atoms with van der Waals surface area (Å²) in [6, 6.07) is 5.18. The third kappa shape index (κ3) is 8.74. The van der Waals surface area contributed by atoms with Crippen molar-refractivity contribution in [3.8, 4) is 5.75 Å². The minimum Gasteiger partial charge on any atom is -0.493 e.